The molecule has 0 saturated carbocycles. The summed E-state index contributed by atoms with van der Waals surface area (Å²) in [5.41, 5.74) is 6.53. The average Bonchev–Trinajstić information content (AvgIpc) is 2.93. The van der Waals surface area contributed by atoms with Gasteiger partial charge in [0, 0.05) is 25.8 Å². The van der Waals surface area contributed by atoms with E-state index in [4.69, 9.17) is 19.7 Å². The molecule has 0 aliphatic heterocycles. The van der Waals surface area contributed by atoms with Crippen molar-refractivity contribution in [2.24, 2.45) is 5.73 Å². The number of aromatic nitrogens is 1. The molecule has 0 fully saturated rings. The van der Waals surface area contributed by atoms with E-state index in [1.807, 2.05) is 0 Å². The fourth-order valence-corrected chi connectivity index (χ4v) is 1.74. The molecule has 0 atom stereocenters. The number of benzene rings is 1. The summed E-state index contributed by atoms with van der Waals surface area (Å²) in [4.78, 5) is 10.5. The number of methoxy groups -OCH3 is 1. The second kappa shape index (κ2) is 6.82. The third kappa shape index (κ3) is 3.77. The first-order valence-corrected chi connectivity index (χ1v) is 6.17. The minimum atomic E-state index is -0.506. The fourth-order valence-electron chi connectivity index (χ4n) is 1.74. The van der Waals surface area contributed by atoms with E-state index in [0.717, 1.165) is 0 Å². The van der Waals surface area contributed by atoms with Crippen LogP contribution in [0, 0.1) is 10.1 Å². The summed E-state index contributed by atoms with van der Waals surface area (Å²) in [6.45, 7) is 0.596. The van der Waals surface area contributed by atoms with Crippen LogP contribution in [-0.4, -0.2) is 17.2 Å². The second-order valence-electron chi connectivity index (χ2n) is 4.27. The Bertz CT molecular complexity index is 626. The summed E-state index contributed by atoms with van der Waals surface area (Å²) >= 11 is 0. The fraction of sp³-hybridized carbons (Fsp3) is 0.308. The van der Waals surface area contributed by atoms with Gasteiger partial charge in [-0.1, -0.05) is 11.2 Å². The van der Waals surface area contributed by atoms with Crippen LogP contribution in [-0.2, 0) is 24.5 Å². The highest BCUT2D eigenvalue weighted by atomic mass is 16.6. The third-order valence-electron chi connectivity index (χ3n) is 2.73. The summed E-state index contributed by atoms with van der Waals surface area (Å²) in [7, 11) is 1.54. The van der Waals surface area contributed by atoms with Crippen LogP contribution in [0.2, 0.25) is 0 Å². The van der Waals surface area contributed by atoms with Crippen LogP contribution in [0.4, 0.5) is 5.69 Å². The van der Waals surface area contributed by atoms with Gasteiger partial charge in [0.25, 0.3) is 0 Å². The van der Waals surface area contributed by atoms with Crippen LogP contribution >= 0.6 is 0 Å². The lowest BCUT2D eigenvalue weighted by Gasteiger charge is -2.06. The first kappa shape index (κ1) is 14.9. The number of nitrogens with two attached hydrogens (primary N) is 1. The minimum Gasteiger partial charge on any atom is -0.480 e. The summed E-state index contributed by atoms with van der Waals surface area (Å²) in [5, 5.41) is 14.8. The standard InChI is InChI=1S/C13H15N3O5/c1-19-8-11-5-10(15-21-11)7-20-13-3-2-9(6-14)4-12(13)16(17)18/h2-5H,6-8,14H2,1H3. The van der Waals surface area contributed by atoms with Gasteiger partial charge in [-0.15, -0.1) is 0 Å². The first-order chi connectivity index (χ1) is 10.1. The first-order valence-electron chi connectivity index (χ1n) is 6.17. The van der Waals surface area contributed by atoms with Crippen LogP contribution in [0.25, 0.3) is 0 Å². The van der Waals surface area contributed by atoms with Gasteiger partial charge in [-0.3, -0.25) is 10.1 Å². The molecule has 0 saturated heterocycles. The highest BCUT2D eigenvalue weighted by Gasteiger charge is 2.16. The molecule has 8 nitrogen and oxygen atoms in total. The van der Waals surface area contributed by atoms with Crippen molar-refractivity contribution in [2.45, 2.75) is 19.8 Å². The molecule has 2 aromatic rings. The molecule has 0 unspecified atom stereocenters. The number of ether oxygens (including phenoxy) is 2. The van der Waals surface area contributed by atoms with Gasteiger partial charge < -0.3 is 19.7 Å². The quantitative estimate of drug-likeness (QED) is 0.611. The number of nitro benzene ring substituents is 1. The van der Waals surface area contributed by atoms with Crippen molar-refractivity contribution in [2.75, 3.05) is 7.11 Å². The molecule has 8 heteroatoms. The van der Waals surface area contributed by atoms with E-state index < -0.39 is 4.92 Å². The van der Waals surface area contributed by atoms with Gasteiger partial charge in [-0.25, -0.2) is 0 Å². The van der Waals surface area contributed by atoms with Crippen molar-refractivity contribution in [3.63, 3.8) is 0 Å². The Hall–Kier alpha value is -2.45. The number of rotatable bonds is 7. The van der Waals surface area contributed by atoms with Crippen molar-refractivity contribution in [3.8, 4) is 5.75 Å². The second-order valence-corrected chi connectivity index (χ2v) is 4.27. The lowest BCUT2D eigenvalue weighted by atomic mass is 10.2. The van der Waals surface area contributed by atoms with Crippen molar-refractivity contribution >= 4 is 5.69 Å². The van der Waals surface area contributed by atoms with E-state index in [-0.39, 0.29) is 24.6 Å². The summed E-state index contributed by atoms with van der Waals surface area (Å²) < 4.78 is 15.3. The number of nitrogens with zero attached hydrogens (tertiary/aromatic N) is 2. The molecule has 0 spiro atoms. The lowest BCUT2D eigenvalue weighted by molar-refractivity contribution is -0.386. The Morgan fingerprint density at radius 3 is 2.86 bits per heavy atom. The maximum Gasteiger partial charge on any atom is 0.311 e. The highest BCUT2D eigenvalue weighted by Crippen LogP contribution is 2.28. The van der Waals surface area contributed by atoms with Gasteiger partial charge >= 0.3 is 5.69 Å². The van der Waals surface area contributed by atoms with Gasteiger partial charge in [-0.2, -0.15) is 0 Å². The Morgan fingerprint density at radius 1 is 1.38 bits per heavy atom. The molecule has 0 bridgehead atoms. The maximum atomic E-state index is 11.0. The van der Waals surface area contributed by atoms with Crippen LogP contribution in [0.3, 0.4) is 0 Å². The average molecular weight is 293 g/mol. The van der Waals surface area contributed by atoms with Crippen molar-refractivity contribution < 1.29 is 18.9 Å². The monoisotopic (exact) mass is 293 g/mol. The minimum absolute atomic E-state index is 0.0655. The molecule has 2 rings (SSSR count). The van der Waals surface area contributed by atoms with E-state index in [2.05, 4.69) is 5.16 Å². The molecule has 0 amide bonds. The van der Waals surface area contributed by atoms with E-state index >= 15 is 0 Å². The summed E-state index contributed by atoms with van der Waals surface area (Å²) in [6, 6.07) is 6.27. The molecule has 0 aliphatic rings. The molecule has 21 heavy (non-hydrogen) atoms. The van der Waals surface area contributed by atoms with E-state index in [1.165, 1.54) is 12.1 Å². The van der Waals surface area contributed by atoms with E-state index in [9.17, 15) is 10.1 Å². The number of nitro groups is 1. The molecule has 112 valence electrons. The predicted molar refractivity (Wildman–Crippen MR) is 72.5 cm³/mol. The Morgan fingerprint density at radius 2 is 2.19 bits per heavy atom. The van der Waals surface area contributed by atoms with Crippen LogP contribution < -0.4 is 10.5 Å². The Kier molecular flexibility index (Phi) is 4.85. The van der Waals surface area contributed by atoms with E-state index in [1.54, 1.807) is 19.2 Å². The predicted octanol–water partition coefficient (Wildman–Crippen LogP) is 1.77. The molecule has 1 heterocycles. The van der Waals surface area contributed by atoms with Crippen LogP contribution in [0.5, 0.6) is 5.75 Å². The van der Waals surface area contributed by atoms with Gasteiger partial charge in [0.15, 0.2) is 11.5 Å². The normalized spacial score (nSPS) is 10.6. The van der Waals surface area contributed by atoms with E-state index in [0.29, 0.717) is 23.6 Å². The van der Waals surface area contributed by atoms with Crippen LogP contribution in [0.15, 0.2) is 28.8 Å². The topological polar surface area (TPSA) is 114 Å². The van der Waals surface area contributed by atoms with Crippen molar-refractivity contribution in [1.29, 1.82) is 0 Å². The highest BCUT2D eigenvalue weighted by molar-refractivity contribution is 5.48. The number of hydrogen-bond donors (Lipinski definition) is 1. The lowest BCUT2D eigenvalue weighted by Crippen LogP contribution is -2.02. The zero-order valence-electron chi connectivity index (χ0n) is 11.4. The summed E-state index contributed by atoms with van der Waals surface area (Å²) in [6.07, 6.45) is 0. The molecule has 2 N–H and O–H groups in total. The molecule has 1 aromatic carbocycles. The van der Waals surface area contributed by atoms with Gasteiger partial charge in [0.1, 0.15) is 18.9 Å². The van der Waals surface area contributed by atoms with Gasteiger partial charge in [0.2, 0.25) is 0 Å². The third-order valence-corrected chi connectivity index (χ3v) is 2.73. The Labute approximate surface area is 120 Å². The molecular formula is C13H15N3O5. The SMILES string of the molecule is COCc1cc(COc2ccc(CN)cc2[N+](=O)[O-])no1. The zero-order valence-corrected chi connectivity index (χ0v) is 11.4. The smallest absolute Gasteiger partial charge is 0.311 e. The molecule has 1 aromatic heterocycles. The number of hydrogen-bond acceptors (Lipinski definition) is 7. The molecular weight excluding hydrogens is 278 g/mol. The van der Waals surface area contributed by atoms with Crippen molar-refractivity contribution in [1.82, 2.24) is 5.16 Å². The van der Waals surface area contributed by atoms with Crippen LogP contribution in [0.1, 0.15) is 17.0 Å². The Balaban J connectivity index is 2.09. The summed E-state index contributed by atoms with van der Waals surface area (Å²) in [5.74, 6) is 0.720. The largest absolute Gasteiger partial charge is 0.480 e. The maximum absolute atomic E-state index is 11.0. The zero-order chi connectivity index (χ0) is 15.2. The van der Waals surface area contributed by atoms with Gasteiger partial charge in [0.05, 0.1) is 4.92 Å². The van der Waals surface area contributed by atoms with Gasteiger partial charge in [-0.05, 0) is 11.6 Å². The molecule has 0 radical (unpaired) electrons. The molecule has 0 aliphatic carbocycles. The van der Waals surface area contributed by atoms with Crippen molar-refractivity contribution in [3.05, 3.63) is 51.4 Å².